The number of halogens is 4. The Labute approximate surface area is 192 Å². The SMILES string of the molecule is Cc1cc(NC(=O)C2CC(c3c(F)cccc3Cl)=NO2)nn1Cc1ccc(Cl)c(Cl)c1. The first-order chi connectivity index (χ1) is 14.8. The summed E-state index contributed by atoms with van der Waals surface area (Å²) >= 11 is 18.1. The number of carbonyl (C=O) groups is 1. The highest BCUT2D eigenvalue weighted by Gasteiger charge is 2.31. The van der Waals surface area contributed by atoms with Crippen molar-refractivity contribution in [2.24, 2.45) is 5.16 Å². The van der Waals surface area contributed by atoms with Crippen LogP contribution in [-0.2, 0) is 16.2 Å². The summed E-state index contributed by atoms with van der Waals surface area (Å²) in [6.45, 7) is 2.32. The molecule has 3 aromatic rings. The van der Waals surface area contributed by atoms with Gasteiger partial charge in [0.05, 0.1) is 32.9 Å². The molecular weight excluding hydrogens is 466 g/mol. The maximum absolute atomic E-state index is 14.1. The zero-order valence-corrected chi connectivity index (χ0v) is 18.5. The van der Waals surface area contributed by atoms with E-state index in [1.165, 1.54) is 12.1 Å². The molecule has 0 radical (unpaired) electrons. The smallest absolute Gasteiger partial charge is 0.269 e. The largest absolute Gasteiger partial charge is 0.382 e. The van der Waals surface area contributed by atoms with Gasteiger partial charge in [-0.3, -0.25) is 9.48 Å². The summed E-state index contributed by atoms with van der Waals surface area (Å²) in [7, 11) is 0. The van der Waals surface area contributed by atoms with Crippen LogP contribution in [0.3, 0.4) is 0 Å². The van der Waals surface area contributed by atoms with E-state index in [1.54, 1.807) is 28.9 Å². The Hall–Kier alpha value is -2.61. The number of aryl methyl sites for hydroxylation is 1. The molecule has 10 heteroatoms. The van der Waals surface area contributed by atoms with Crippen LogP contribution in [0.15, 0.2) is 47.6 Å². The van der Waals surface area contributed by atoms with E-state index in [-0.39, 0.29) is 22.7 Å². The van der Waals surface area contributed by atoms with E-state index in [1.807, 2.05) is 13.0 Å². The second kappa shape index (κ2) is 8.86. The maximum Gasteiger partial charge on any atom is 0.269 e. The number of hydrogen-bond acceptors (Lipinski definition) is 4. The number of anilines is 1. The molecule has 0 fully saturated rings. The van der Waals surface area contributed by atoms with Gasteiger partial charge in [0.1, 0.15) is 5.82 Å². The van der Waals surface area contributed by atoms with Crippen LogP contribution < -0.4 is 5.32 Å². The topological polar surface area (TPSA) is 68.5 Å². The van der Waals surface area contributed by atoms with Crippen molar-refractivity contribution in [1.82, 2.24) is 9.78 Å². The van der Waals surface area contributed by atoms with Gasteiger partial charge in [-0.1, -0.05) is 52.1 Å². The molecule has 6 nitrogen and oxygen atoms in total. The lowest BCUT2D eigenvalue weighted by Crippen LogP contribution is -2.28. The Balaban J connectivity index is 1.42. The zero-order chi connectivity index (χ0) is 22.1. The van der Waals surface area contributed by atoms with E-state index >= 15 is 0 Å². The molecule has 1 aromatic heterocycles. The molecule has 2 heterocycles. The summed E-state index contributed by atoms with van der Waals surface area (Å²) in [6, 6.07) is 11.4. The van der Waals surface area contributed by atoms with Crippen molar-refractivity contribution in [2.45, 2.75) is 26.0 Å². The number of hydrogen-bond donors (Lipinski definition) is 1. The van der Waals surface area contributed by atoms with Gasteiger partial charge in [0.15, 0.2) is 5.82 Å². The quantitative estimate of drug-likeness (QED) is 0.525. The second-order valence-corrected chi connectivity index (χ2v) is 8.22. The third-order valence-corrected chi connectivity index (χ3v) is 5.82. The van der Waals surface area contributed by atoms with Crippen LogP contribution in [0.5, 0.6) is 0 Å². The van der Waals surface area contributed by atoms with E-state index in [2.05, 4.69) is 15.6 Å². The predicted octanol–water partition coefficient (Wildman–Crippen LogP) is 5.47. The van der Waals surface area contributed by atoms with Gasteiger partial charge in [0, 0.05) is 18.2 Å². The van der Waals surface area contributed by atoms with Crippen LogP contribution in [0.1, 0.15) is 23.2 Å². The molecule has 0 aliphatic carbocycles. The minimum Gasteiger partial charge on any atom is -0.382 e. The average molecular weight is 482 g/mol. The molecule has 1 atom stereocenters. The first-order valence-corrected chi connectivity index (χ1v) is 10.4. The van der Waals surface area contributed by atoms with Gasteiger partial charge in [-0.05, 0) is 36.8 Å². The summed E-state index contributed by atoms with van der Waals surface area (Å²) in [5.41, 5.74) is 2.17. The maximum atomic E-state index is 14.1. The molecule has 1 aliphatic heterocycles. The number of benzene rings is 2. The van der Waals surface area contributed by atoms with Crippen molar-refractivity contribution in [3.63, 3.8) is 0 Å². The van der Waals surface area contributed by atoms with E-state index < -0.39 is 17.8 Å². The normalized spacial score (nSPS) is 15.5. The average Bonchev–Trinajstić information content (AvgIpc) is 3.32. The molecule has 1 unspecified atom stereocenters. The van der Waals surface area contributed by atoms with Gasteiger partial charge in [-0.15, -0.1) is 0 Å². The Morgan fingerprint density at radius 3 is 2.74 bits per heavy atom. The zero-order valence-electron chi connectivity index (χ0n) is 16.2. The number of nitrogens with zero attached hydrogens (tertiary/aromatic N) is 3. The minimum atomic E-state index is -0.911. The van der Waals surface area contributed by atoms with E-state index in [0.717, 1.165) is 11.3 Å². The van der Waals surface area contributed by atoms with Crippen molar-refractivity contribution in [3.05, 3.63) is 80.2 Å². The monoisotopic (exact) mass is 480 g/mol. The number of carbonyl (C=O) groups excluding carboxylic acids is 1. The summed E-state index contributed by atoms with van der Waals surface area (Å²) < 4.78 is 15.8. The van der Waals surface area contributed by atoms with Crippen LogP contribution in [0, 0.1) is 12.7 Å². The van der Waals surface area contributed by atoms with E-state index in [4.69, 9.17) is 39.6 Å². The van der Waals surface area contributed by atoms with Crippen LogP contribution in [0.4, 0.5) is 10.2 Å². The van der Waals surface area contributed by atoms with Gasteiger partial charge in [-0.2, -0.15) is 5.10 Å². The molecular formula is C21H16Cl3FN4O2. The van der Waals surface area contributed by atoms with Gasteiger partial charge in [0.2, 0.25) is 6.10 Å². The van der Waals surface area contributed by atoms with E-state index in [0.29, 0.717) is 22.4 Å². The summed E-state index contributed by atoms with van der Waals surface area (Å²) in [6.07, 6.45) is -0.818. The molecule has 4 rings (SSSR count). The van der Waals surface area contributed by atoms with Crippen molar-refractivity contribution in [3.8, 4) is 0 Å². The molecule has 0 bridgehead atoms. The standard InChI is InChI=1S/C21H16Cl3FN4O2/c1-11-7-19(27-29(11)10-12-5-6-13(22)15(24)8-12)26-21(30)18-9-17(28-31-18)20-14(23)3-2-4-16(20)25/h2-8,18H,9-10H2,1H3,(H,26,27,30). The van der Waals surface area contributed by atoms with Crippen LogP contribution >= 0.6 is 34.8 Å². The summed E-state index contributed by atoms with van der Waals surface area (Å²) in [5, 5.41) is 12.1. The molecule has 2 aromatic carbocycles. The van der Waals surface area contributed by atoms with Crippen molar-refractivity contribution >= 4 is 52.2 Å². The summed E-state index contributed by atoms with van der Waals surface area (Å²) in [4.78, 5) is 17.8. The van der Waals surface area contributed by atoms with Crippen LogP contribution in [0.25, 0.3) is 0 Å². The molecule has 0 saturated heterocycles. The highest BCUT2D eigenvalue weighted by molar-refractivity contribution is 6.42. The minimum absolute atomic E-state index is 0.0927. The molecule has 160 valence electrons. The van der Waals surface area contributed by atoms with Gasteiger partial charge in [0.25, 0.3) is 5.91 Å². The lowest BCUT2D eigenvalue weighted by atomic mass is 10.0. The van der Waals surface area contributed by atoms with Gasteiger partial charge >= 0.3 is 0 Å². The molecule has 1 aliphatic rings. The fraction of sp³-hybridized carbons (Fsp3) is 0.190. The third-order valence-electron chi connectivity index (χ3n) is 4.76. The third kappa shape index (κ3) is 4.69. The number of nitrogens with one attached hydrogen (secondary N) is 1. The molecule has 0 spiro atoms. The number of aromatic nitrogens is 2. The van der Waals surface area contributed by atoms with Crippen molar-refractivity contribution in [2.75, 3.05) is 5.32 Å². The lowest BCUT2D eigenvalue weighted by molar-refractivity contribution is -0.125. The first kappa shape index (κ1) is 21.6. The molecule has 31 heavy (non-hydrogen) atoms. The predicted molar refractivity (Wildman–Crippen MR) is 119 cm³/mol. The number of amides is 1. The van der Waals surface area contributed by atoms with Crippen LogP contribution in [0.2, 0.25) is 15.1 Å². The molecule has 1 amide bonds. The van der Waals surface area contributed by atoms with E-state index in [9.17, 15) is 9.18 Å². The molecule has 0 saturated carbocycles. The Kier molecular flexibility index (Phi) is 6.18. The highest BCUT2D eigenvalue weighted by Crippen LogP contribution is 2.26. The van der Waals surface area contributed by atoms with Crippen molar-refractivity contribution < 1.29 is 14.0 Å². The summed E-state index contributed by atoms with van der Waals surface area (Å²) in [5.74, 6) is -0.596. The fourth-order valence-corrected chi connectivity index (χ4v) is 3.78. The Morgan fingerprint density at radius 2 is 2.00 bits per heavy atom. The first-order valence-electron chi connectivity index (χ1n) is 9.28. The Morgan fingerprint density at radius 1 is 1.19 bits per heavy atom. The highest BCUT2D eigenvalue weighted by atomic mass is 35.5. The fourth-order valence-electron chi connectivity index (χ4n) is 3.19. The second-order valence-electron chi connectivity index (χ2n) is 7.00. The Bertz CT molecular complexity index is 1180. The number of rotatable bonds is 5. The van der Waals surface area contributed by atoms with Crippen molar-refractivity contribution in [1.29, 1.82) is 0 Å². The van der Waals surface area contributed by atoms with Gasteiger partial charge in [-0.25, -0.2) is 4.39 Å². The van der Waals surface area contributed by atoms with Gasteiger partial charge < -0.3 is 10.2 Å². The number of oxime groups is 1. The van der Waals surface area contributed by atoms with Crippen LogP contribution in [-0.4, -0.2) is 27.5 Å². The lowest BCUT2D eigenvalue weighted by Gasteiger charge is -2.08. The molecule has 1 N–H and O–H groups in total.